The molecule has 1 heterocycles. The molecule has 1 aromatic carbocycles. The number of aromatic amines is 1. The summed E-state index contributed by atoms with van der Waals surface area (Å²) < 4.78 is 42.8. The lowest BCUT2D eigenvalue weighted by Crippen LogP contribution is -2.17. The van der Waals surface area contributed by atoms with Crippen LogP contribution in [0.15, 0.2) is 30.5 Å². The number of aromatic nitrogens is 2. The van der Waals surface area contributed by atoms with Crippen LogP contribution in [0.2, 0.25) is 0 Å². The van der Waals surface area contributed by atoms with E-state index in [0.29, 0.717) is 11.4 Å². The maximum Gasteiger partial charge on any atom is 0.433 e. The van der Waals surface area contributed by atoms with Gasteiger partial charge >= 0.3 is 6.18 Å². The number of alkyl halides is 3. The van der Waals surface area contributed by atoms with Crippen molar-refractivity contribution in [3.63, 3.8) is 0 Å². The van der Waals surface area contributed by atoms with E-state index in [9.17, 15) is 18.0 Å². The van der Waals surface area contributed by atoms with Crippen molar-refractivity contribution in [2.75, 3.05) is 12.4 Å². The van der Waals surface area contributed by atoms with Gasteiger partial charge in [0.25, 0.3) is 5.91 Å². The smallest absolute Gasteiger partial charge is 0.433 e. The molecule has 0 aliphatic rings. The van der Waals surface area contributed by atoms with Crippen molar-refractivity contribution in [1.29, 1.82) is 0 Å². The van der Waals surface area contributed by atoms with Crippen molar-refractivity contribution in [3.05, 3.63) is 41.7 Å². The molecule has 8 heteroatoms. The second kappa shape index (κ2) is 5.24. The highest BCUT2D eigenvalue weighted by atomic mass is 19.4. The Bertz CT molecular complexity index is 622. The number of ether oxygens (including phenoxy) is 1. The maximum absolute atomic E-state index is 12.6. The van der Waals surface area contributed by atoms with E-state index in [2.05, 4.69) is 10.4 Å². The van der Waals surface area contributed by atoms with E-state index in [4.69, 9.17) is 4.74 Å². The van der Waals surface area contributed by atoms with Crippen molar-refractivity contribution in [2.24, 2.45) is 0 Å². The number of methoxy groups -OCH3 is 1. The fourth-order valence-electron chi connectivity index (χ4n) is 1.57. The quantitative estimate of drug-likeness (QED) is 0.911. The Morgan fingerprint density at radius 3 is 2.80 bits per heavy atom. The number of hydrogen-bond donors (Lipinski definition) is 2. The minimum absolute atomic E-state index is 0.323. The molecule has 0 unspecified atom stereocenters. The Morgan fingerprint density at radius 1 is 1.40 bits per heavy atom. The number of halogens is 3. The summed E-state index contributed by atoms with van der Waals surface area (Å²) in [5.41, 5.74) is -1.43. The van der Waals surface area contributed by atoms with Gasteiger partial charge in [0.05, 0.1) is 18.9 Å². The van der Waals surface area contributed by atoms with Crippen LogP contribution in [0.3, 0.4) is 0 Å². The highest BCUT2D eigenvalue weighted by Crippen LogP contribution is 2.30. The molecule has 0 aliphatic carbocycles. The number of hydrogen-bond acceptors (Lipinski definition) is 3. The van der Waals surface area contributed by atoms with E-state index in [0.717, 1.165) is 6.20 Å². The number of rotatable bonds is 3. The maximum atomic E-state index is 12.6. The van der Waals surface area contributed by atoms with Crippen LogP contribution in [0.1, 0.15) is 16.1 Å². The summed E-state index contributed by atoms with van der Waals surface area (Å²) in [7, 11) is 1.44. The molecule has 1 aromatic heterocycles. The van der Waals surface area contributed by atoms with Gasteiger partial charge in [0.1, 0.15) is 5.75 Å². The summed E-state index contributed by atoms with van der Waals surface area (Å²) in [6.45, 7) is 0. The van der Waals surface area contributed by atoms with E-state index < -0.39 is 23.3 Å². The Balaban J connectivity index is 2.22. The molecule has 0 saturated carbocycles. The van der Waals surface area contributed by atoms with E-state index in [1.807, 2.05) is 0 Å². The number of nitrogens with zero attached hydrogens (tertiary/aromatic N) is 1. The second-order valence-electron chi connectivity index (χ2n) is 3.84. The SMILES string of the molecule is COc1cccc(NC(=O)c2cn[nH]c2C(F)(F)F)c1. The molecule has 2 aromatic rings. The normalized spacial score (nSPS) is 11.2. The zero-order chi connectivity index (χ0) is 14.8. The van der Waals surface area contributed by atoms with Crippen molar-refractivity contribution < 1.29 is 22.7 Å². The molecule has 5 nitrogen and oxygen atoms in total. The lowest BCUT2D eigenvalue weighted by molar-refractivity contribution is -0.141. The first kappa shape index (κ1) is 13.9. The van der Waals surface area contributed by atoms with E-state index in [1.165, 1.54) is 19.2 Å². The third-order valence-corrected chi connectivity index (χ3v) is 2.50. The van der Waals surface area contributed by atoms with Crippen LogP contribution in [-0.2, 0) is 6.18 Å². The highest BCUT2D eigenvalue weighted by molar-refractivity contribution is 6.05. The highest BCUT2D eigenvalue weighted by Gasteiger charge is 2.37. The number of anilines is 1. The number of H-pyrrole nitrogens is 1. The second-order valence-corrected chi connectivity index (χ2v) is 3.84. The van der Waals surface area contributed by atoms with Crippen molar-refractivity contribution in [3.8, 4) is 5.75 Å². The first-order valence-electron chi connectivity index (χ1n) is 5.48. The summed E-state index contributed by atoms with van der Waals surface area (Å²) in [5, 5.41) is 7.38. The predicted octanol–water partition coefficient (Wildman–Crippen LogP) is 2.69. The number of amides is 1. The molecule has 0 aliphatic heterocycles. The molecular formula is C12H10F3N3O2. The van der Waals surface area contributed by atoms with Crippen LogP contribution >= 0.6 is 0 Å². The minimum atomic E-state index is -4.67. The average molecular weight is 285 g/mol. The molecule has 0 fully saturated rings. The molecule has 106 valence electrons. The first-order valence-corrected chi connectivity index (χ1v) is 5.48. The van der Waals surface area contributed by atoms with Gasteiger partial charge in [-0.3, -0.25) is 9.89 Å². The number of carbonyl (C=O) groups is 1. The summed E-state index contributed by atoms with van der Waals surface area (Å²) in [6.07, 6.45) is -3.84. The third kappa shape index (κ3) is 2.90. The topological polar surface area (TPSA) is 67.0 Å². The summed E-state index contributed by atoms with van der Waals surface area (Å²) in [6, 6.07) is 6.28. The largest absolute Gasteiger partial charge is 0.497 e. The van der Waals surface area contributed by atoms with Crippen LogP contribution < -0.4 is 10.1 Å². The Labute approximate surface area is 111 Å². The molecule has 0 radical (unpaired) electrons. The van der Waals surface area contributed by atoms with Gasteiger partial charge in [-0.25, -0.2) is 0 Å². The van der Waals surface area contributed by atoms with Crippen LogP contribution in [0.4, 0.5) is 18.9 Å². The lowest BCUT2D eigenvalue weighted by Gasteiger charge is -2.08. The van der Waals surface area contributed by atoms with Crippen molar-refractivity contribution in [1.82, 2.24) is 10.2 Å². The summed E-state index contributed by atoms with van der Waals surface area (Å²) >= 11 is 0. The van der Waals surface area contributed by atoms with E-state index in [-0.39, 0.29) is 0 Å². The van der Waals surface area contributed by atoms with E-state index >= 15 is 0 Å². The number of carbonyl (C=O) groups excluding carboxylic acids is 1. The first-order chi connectivity index (χ1) is 9.41. The zero-order valence-corrected chi connectivity index (χ0v) is 10.3. The Morgan fingerprint density at radius 2 is 2.15 bits per heavy atom. The fraction of sp³-hybridized carbons (Fsp3) is 0.167. The molecule has 0 saturated heterocycles. The fourth-order valence-corrected chi connectivity index (χ4v) is 1.57. The molecule has 1 amide bonds. The van der Waals surface area contributed by atoms with Gasteiger partial charge in [-0.05, 0) is 12.1 Å². The van der Waals surface area contributed by atoms with Crippen molar-refractivity contribution in [2.45, 2.75) is 6.18 Å². The van der Waals surface area contributed by atoms with Crippen molar-refractivity contribution >= 4 is 11.6 Å². The molecular weight excluding hydrogens is 275 g/mol. The van der Waals surface area contributed by atoms with Gasteiger partial charge in [0.15, 0.2) is 5.69 Å². The third-order valence-electron chi connectivity index (χ3n) is 2.50. The van der Waals surface area contributed by atoms with Gasteiger partial charge in [0.2, 0.25) is 0 Å². The van der Waals surface area contributed by atoms with Gasteiger partial charge < -0.3 is 10.1 Å². The zero-order valence-electron chi connectivity index (χ0n) is 10.3. The lowest BCUT2D eigenvalue weighted by atomic mass is 10.2. The monoisotopic (exact) mass is 285 g/mol. The molecule has 0 bridgehead atoms. The van der Waals surface area contributed by atoms with Crippen LogP contribution in [0, 0.1) is 0 Å². The standard InChI is InChI=1S/C12H10F3N3O2/c1-20-8-4-2-3-7(5-8)17-11(19)9-6-16-18-10(9)12(13,14)15/h2-6H,1H3,(H,16,18)(H,17,19). The number of nitrogens with one attached hydrogen (secondary N) is 2. The molecule has 0 atom stereocenters. The summed E-state index contributed by atoms with van der Waals surface area (Å²) in [5.74, 6) is -0.426. The Kier molecular flexibility index (Phi) is 3.64. The van der Waals surface area contributed by atoms with Gasteiger partial charge in [-0.2, -0.15) is 18.3 Å². The predicted molar refractivity (Wildman–Crippen MR) is 64.5 cm³/mol. The van der Waals surface area contributed by atoms with Gasteiger partial charge in [-0.1, -0.05) is 6.07 Å². The number of benzene rings is 1. The average Bonchev–Trinajstić information content (AvgIpc) is 2.88. The molecule has 2 N–H and O–H groups in total. The van der Waals surface area contributed by atoms with Gasteiger partial charge in [-0.15, -0.1) is 0 Å². The molecule has 2 rings (SSSR count). The van der Waals surface area contributed by atoms with Crippen LogP contribution in [0.5, 0.6) is 5.75 Å². The molecule has 0 spiro atoms. The van der Waals surface area contributed by atoms with Gasteiger partial charge in [0, 0.05) is 11.8 Å². The summed E-state index contributed by atoms with van der Waals surface area (Å²) in [4.78, 5) is 11.8. The Hall–Kier alpha value is -2.51. The van der Waals surface area contributed by atoms with Crippen LogP contribution in [-0.4, -0.2) is 23.2 Å². The minimum Gasteiger partial charge on any atom is -0.497 e. The van der Waals surface area contributed by atoms with E-state index in [1.54, 1.807) is 17.2 Å². The molecule has 20 heavy (non-hydrogen) atoms. The van der Waals surface area contributed by atoms with Crippen LogP contribution in [0.25, 0.3) is 0 Å².